The lowest BCUT2D eigenvalue weighted by Gasteiger charge is -2.24. The lowest BCUT2D eigenvalue weighted by atomic mass is 9.96. The van der Waals surface area contributed by atoms with E-state index in [-0.39, 0.29) is 12.5 Å². The number of amides is 6. The van der Waals surface area contributed by atoms with Crippen LogP contribution in [0.2, 0.25) is 0 Å². The van der Waals surface area contributed by atoms with Gasteiger partial charge in [0.1, 0.15) is 6.04 Å². The van der Waals surface area contributed by atoms with Crippen molar-refractivity contribution in [2.24, 2.45) is 11.1 Å². The van der Waals surface area contributed by atoms with Crippen molar-refractivity contribution in [2.45, 2.75) is 59.5 Å². The molecule has 6 N–H and O–H groups in total. The first-order valence-corrected chi connectivity index (χ1v) is 10.1. The Morgan fingerprint density at radius 3 is 1.84 bits per heavy atom. The topological polar surface area (TPSA) is 180 Å². The zero-order valence-corrected chi connectivity index (χ0v) is 19.9. The minimum absolute atomic E-state index is 0.271. The second-order valence-electron chi connectivity index (χ2n) is 9.49. The summed E-state index contributed by atoms with van der Waals surface area (Å²) in [4.78, 5) is 72.8. The van der Waals surface area contributed by atoms with E-state index < -0.39 is 66.0 Å². The summed E-state index contributed by atoms with van der Waals surface area (Å²) in [5.74, 6) is -3.62. The molecule has 0 aliphatic rings. The third kappa shape index (κ3) is 12.5. The molecule has 0 aromatic carbocycles. The maximum atomic E-state index is 12.6. The third-order valence-corrected chi connectivity index (χ3v) is 3.85. The van der Waals surface area contributed by atoms with Crippen molar-refractivity contribution in [1.29, 1.82) is 0 Å². The Balaban J connectivity index is 4.85. The van der Waals surface area contributed by atoms with Crippen molar-refractivity contribution < 1.29 is 28.8 Å². The molecule has 0 unspecified atom stereocenters. The zero-order valence-electron chi connectivity index (χ0n) is 19.9. The van der Waals surface area contributed by atoms with E-state index in [1.54, 1.807) is 41.5 Å². The highest BCUT2D eigenvalue weighted by Crippen LogP contribution is 2.11. The van der Waals surface area contributed by atoms with Crippen LogP contribution in [0.4, 0.5) is 0 Å². The number of nitrogens with one attached hydrogen (secondary N) is 4. The second kappa shape index (κ2) is 12.0. The number of nitrogens with two attached hydrogens (primary N) is 1. The Labute approximate surface area is 188 Å². The monoisotopic (exact) mass is 456 g/mol. The molecule has 0 aliphatic heterocycles. The largest absolute Gasteiger partial charge is 0.370 e. The van der Waals surface area contributed by atoms with Crippen LogP contribution in [0, 0.1) is 5.41 Å². The summed E-state index contributed by atoms with van der Waals surface area (Å²) in [6.45, 7) is 9.32. The second-order valence-corrected chi connectivity index (χ2v) is 9.49. The zero-order chi connectivity index (χ0) is 25.3. The summed E-state index contributed by atoms with van der Waals surface area (Å²) in [5, 5.41) is 9.84. The molecule has 12 heteroatoms. The number of nitrogens with zero attached hydrogens (tertiary/aromatic N) is 1. The van der Waals surface area contributed by atoms with Crippen LogP contribution in [0.3, 0.4) is 0 Å². The lowest BCUT2D eigenvalue weighted by Crippen LogP contribution is -2.53. The number of carbonyl (C=O) groups is 6. The predicted molar refractivity (Wildman–Crippen MR) is 117 cm³/mol. The van der Waals surface area contributed by atoms with Crippen molar-refractivity contribution >= 4 is 35.4 Å². The number of hydrogen-bond donors (Lipinski definition) is 5. The normalized spacial score (nSPS) is 12.2. The van der Waals surface area contributed by atoms with Crippen LogP contribution in [0.15, 0.2) is 0 Å². The molecule has 0 rings (SSSR count). The van der Waals surface area contributed by atoms with Gasteiger partial charge >= 0.3 is 0 Å². The van der Waals surface area contributed by atoms with E-state index in [0.717, 1.165) is 4.90 Å². The quantitative estimate of drug-likeness (QED) is 0.253. The Kier molecular flexibility index (Phi) is 10.8. The first-order chi connectivity index (χ1) is 14.4. The molecule has 0 aliphatic carbocycles. The van der Waals surface area contributed by atoms with E-state index >= 15 is 0 Å². The van der Waals surface area contributed by atoms with Crippen LogP contribution in [0.25, 0.3) is 0 Å². The molecule has 0 aromatic rings. The molecule has 0 heterocycles. The molecule has 32 heavy (non-hydrogen) atoms. The maximum absolute atomic E-state index is 12.6. The molecule has 0 saturated heterocycles. The average molecular weight is 457 g/mol. The fourth-order valence-electron chi connectivity index (χ4n) is 2.33. The summed E-state index contributed by atoms with van der Waals surface area (Å²) in [5.41, 5.74) is 4.00. The maximum Gasteiger partial charge on any atom is 0.245 e. The van der Waals surface area contributed by atoms with E-state index in [1.165, 1.54) is 7.05 Å². The number of rotatable bonds is 10. The first kappa shape index (κ1) is 28.8. The molecule has 0 spiro atoms. The van der Waals surface area contributed by atoms with Crippen molar-refractivity contribution in [3.05, 3.63) is 0 Å². The van der Waals surface area contributed by atoms with Crippen LogP contribution in [-0.2, 0) is 28.8 Å². The van der Waals surface area contributed by atoms with Gasteiger partial charge in [0.25, 0.3) is 0 Å². The van der Waals surface area contributed by atoms with Gasteiger partial charge in [0.15, 0.2) is 0 Å². The Morgan fingerprint density at radius 1 is 0.844 bits per heavy atom. The van der Waals surface area contributed by atoms with Gasteiger partial charge in [0.05, 0.1) is 26.1 Å². The van der Waals surface area contributed by atoms with E-state index in [4.69, 9.17) is 5.73 Å². The Morgan fingerprint density at radius 2 is 1.38 bits per heavy atom. The minimum atomic E-state index is -1.31. The first-order valence-electron chi connectivity index (χ1n) is 10.1. The summed E-state index contributed by atoms with van der Waals surface area (Å²) in [6.07, 6.45) is -0.488. The highest BCUT2D eigenvalue weighted by atomic mass is 16.2. The smallest absolute Gasteiger partial charge is 0.245 e. The molecule has 0 bridgehead atoms. The summed E-state index contributed by atoms with van der Waals surface area (Å²) < 4.78 is 0. The average Bonchev–Trinajstić information content (AvgIpc) is 2.60. The number of likely N-dealkylation sites (N-methyl/N-ethyl adjacent to an activating group) is 1. The van der Waals surface area contributed by atoms with Gasteiger partial charge in [-0.25, -0.2) is 0 Å². The molecule has 182 valence electrons. The van der Waals surface area contributed by atoms with Gasteiger partial charge in [0, 0.05) is 18.0 Å². The van der Waals surface area contributed by atoms with Crippen molar-refractivity contribution in [1.82, 2.24) is 26.2 Å². The van der Waals surface area contributed by atoms with Crippen LogP contribution >= 0.6 is 0 Å². The number of hydrogen-bond acceptors (Lipinski definition) is 6. The van der Waals surface area contributed by atoms with Gasteiger partial charge in [-0.15, -0.1) is 0 Å². The van der Waals surface area contributed by atoms with E-state index in [9.17, 15) is 28.8 Å². The highest BCUT2D eigenvalue weighted by Gasteiger charge is 2.28. The molecule has 0 radical (unpaired) electrons. The van der Waals surface area contributed by atoms with Gasteiger partial charge < -0.3 is 31.9 Å². The van der Waals surface area contributed by atoms with Crippen LogP contribution in [0.1, 0.15) is 48.0 Å². The molecule has 1 atom stereocenters. The van der Waals surface area contributed by atoms with E-state index in [0.29, 0.717) is 0 Å². The van der Waals surface area contributed by atoms with Gasteiger partial charge in [-0.3, -0.25) is 28.8 Å². The SMILES string of the molecule is CN(CC(=O)NCC(=O)NC(C)(C)C)C(=O)[C@H](CC(N)=O)NC(=O)CNC(=O)C(C)(C)C. The molecular formula is C20H36N6O6. The van der Waals surface area contributed by atoms with Crippen LogP contribution in [0.5, 0.6) is 0 Å². The summed E-state index contributed by atoms with van der Waals surface area (Å²) >= 11 is 0. The number of primary amides is 1. The van der Waals surface area contributed by atoms with Gasteiger partial charge in [-0.2, -0.15) is 0 Å². The van der Waals surface area contributed by atoms with Crippen molar-refractivity contribution in [2.75, 3.05) is 26.7 Å². The fourth-order valence-corrected chi connectivity index (χ4v) is 2.33. The predicted octanol–water partition coefficient (Wildman–Crippen LogP) is -2.00. The van der Waals surface area contributed by atoms with E-state index in [1.807, 2.05) is 0 Å². The third-order valence-electron chi connectivity index (χ3n) is 3.85. The number of carbonyl (C=O) groups excluding carboxylic acids is 6. The van der Waals surface area contributed by atoms with Gasteiger partial charge in [-0.05, 0) is 20.8 Å². The molecule has 6 amide bonds. The standard InChI is InChI=1S/C20H36N6O6/c1-19(2,3)18(32)23-9-14(28)24-12(8-13(21)27)17(31)26(7)11-16(30)22-10-15(29)25-20(4,5)6/h12H,8-11H2,1-7H3,(H2,21,27)(H,22,30)(H,23,32)(H,24,28)(H,25,29)/t12-/m0/s1. The Bertz CT molecular complexity index is 738. The molecule has 0 aromatic heterocycles. The van der Waals surface area contributed by atoms with Gasteiger partial charge in [-0.1, -0.05) is 20.8 Å². The molecule has 0 saturated carbocycles. The van der Waals surface area contributed by atoms with Crippen molar-refractivity contribution in [3.63, 3.8) is 0 Å². The Hall–Kier alpha value is -3.18. The van der Waals surface area contributed by atoms with Crippen molar-refractivity contribution in [3.8, 4) is 0 Å². The molecule has 0 fully saturated rings. The van der Waals surface area contributed by atoms with Gasteiger partial charge in [0.2, 0.25) is 35.4 Å². The minimum Gasteiger partial charge on any atom is -0.370 e. The summed E-state index contributed by atoms with van der Waals surface area (Å²) in [7, 11) is 1.30. The van der Waals surface area contributed by atoms with E-state index in [2.05, 4.69) is 21.3 Å². The lowest BCUT2D eigenvalue weighted by molar-refractivity contribution is -0.139. The summed E-state index contributed by atoms with van der Waals surface area (Å²) in [6, 6.07) is -1.31. The highest BCUT2D eigenvalue weighted by molar-refractivity contribution is 5.95. The fraction of sp³-hybridized carbons (Fsp3) is 0.700. The van der Waals surface area contributed by atoms with Crippen LogP contribution < -0.4 is 27.0 Å². The van der Waals surface area contributed by atoms with Crippen LogP contribution in [-0.4, -0.2) is 78.6 Å². The molecular weight excluding hydrogens is 420 g/mol. The molecule has 12 nitrogen and oxygen atoms in total.